The van der Waals surface area contributed by atoms with Crippen LogP contribution in [0.5, 0.6) is 0 Å². The highest BCUT2D eigenvalue weighted by Crippen LogP contribution is 2.32. The number of urea groups is 1. The quantitative estimate of drug-likeness (QED) is 0.161. The maximum Gasteiger partial charge on any atom is 0.319 e. The number of anilines is 1. The fourth-order valence-corrected chi connectivity index (χ4v) is 5.12. The van der Waals surface area contributed by atoms with Gasteiger partial charge in [-0.05, 0) is 41.5 Å². The molecular weight excluding hydrogens is 466 g/mol. The van der Waals surface area contributed by atoms with Gasteiger partial charge in [0.25, 0.3) is 0 Å². The maximum absolute atomic E-state index is 13.0. The van der Waals surface area contributed by atoms with Crippen LogP contribution in [0.3, 0.4) is 0 Å². The fourth-order valence-electron chi connectivity index (χ4n) is 5.12. The summed E-state index contributed by atoms with van der Waals surface area (Å²) < 4.78 is 0. The van der Waals surface area contributed by atoms with Crippen LogP contribution in [-0.4, -0.2) is 25.7 Å². The molecule has 3 N–H and O–H groups in total. The Kier molecular flexibility index (Phi) is 15.8. The monoisotopic (exact) mass is 521 g/mol. The highest BCUT2D eigenvalue weighted by atomic mass is 16.2. The first-order valence-electron chi connectivity index (χ1n) is 15.4. The zero-order chi connectivity index (χ0) is 27.6. The standard InChI is InChI=1S/C34H55N3O/c1-6-7-8-9-10-11-12-13-14-18-24-35-25-30(29-20-16-15-17-21-29)26-36-34(38)37-33-31(27(2)3)22-19-23-32(33)28(4)5/h15-17,19-23,27-28,30,35H,6-14,18,24-26H2,1-5H3,(H2,36,37,38)/t30-/m1/s1. The van der Waals surface area contributed by atoms with Crippen LogP contribution in [0, 0.1) is 0 Å². The normalized spacial score (nSPS) is 12.2. The van der Waals surface area contributed by atoms with Gasteiger partial charge in [-0.1, -0.05) is 141 Å². The van der Waals surface area contributed by atoms with E-state index in [1.54, 1.807) is 0 Å². The molecule has 4 nitrogen and oxygen atoms in total. The van der Waals surface area contributed by atoms with Crippen molar-refractivity contribution in [2.24, 2.45) is 0 Å². The second-order valence-corrected chi connectivity index (χ2v) is 11.4. The molecule has 0 aliphatic rings. The number of carbonyl (C=O) groups excluding carboxylic acids is 1. The number of benzene rings is 2. The molecule has 0 radical (unpaired) electrons. The molecule has 0 heterocycles. The summed E-state index contributed by atoms with van der Waals surface area (Å²) in [7, 11) is 0. The lowest BCUT2D eigenvalue weighted by Crippen LogP contribution is -2.36. The van der Waals surface area contributed by atoms with Gasteiger partial charge in [0, 0.05) is 24.7 Å². The van der Waals surface area contributed by atoms with Gasteiger partial charge in [0.05, 0.1) is 0 Å². The molecule has 0 bridgehead atoms. The summed E-state index contributed by atoms with van der Waals surface area (Å²) in [6.07, 6.45) is 13.6. The van der Waals surface area contributed by atoms with Crippen LogP contribution >= 0.6 is 0 Å². The van der Waals surface area contributed by atoms with Crippen LogP contribution < -0.4 is 16.0 Å². The minimum atomic E-state index is -0.129. The first-order chi connectivity index (χ1) is 18.4. The molecule has 0 saturated carbocycles. The largest absolute Gasteiger partial charge is 0.337 e. The van der Waals surface area contributed by atoms with Crippen LogP contribution in [0.2, 0.25) is 0 Å². The molecule has 2 amide bonds. The number of hydrogen-bond donors (Lipinski definition) is 3. The fraction of sp³-hybridized carbons (Fsp3) is 0.618. The van der Waals surface area contributed by atoms with E-state index in [0.717, 1.165) is 18.8 Å². The summed E-state index contributed by atoms with van der Waals surface area (Å²) in [6.45, 7) is 13.5. The van der Waals surface area contributed by atoms with Gasteiger partial charge in [-0.15, -0.1) is 0 Å². The highest BCUT2D eigenvalue weighted by molar-refractivity contribution is 5.91. The van der Waals surface area contributed by atoms with Crippen molar-refractivity contribution in [2.45, 2.75) is 117 Å². The lowest BCUT2D eigenvalue weighted by atomic mass is 9.93. The van der Waals surface area contributed by atoms with E-state index in [4.69, 9.17) is 0 Å². The van der Waals surface area contributed by atoms with Gasteiger partial charge in [-0.2, -0.15) is 0 Å². The minimum absolute atomic E-state index is 0.129. The Morgan fingerprint density at radius 1 is 0.684 bits per heavy atom. The first-order valence-corrected chi connectivity index (χ1v) is 15.4. The lowest BCUT2D eigenvalue weighted by Gasteiger charge is -2.22. The molecule has 2 aromatic carbocycles. The lowest BCUT2D eigenvalue weighted by molar-refractivity contribution is 0.251. The SMILES string of the molecule is CCCCCCCCCCCCNC[C@H](CNC(=O)Nc1c(C(C)C)cccc1C(C)C)c1ccccc1. The first kappa shape index (κ1) is 31.9. The summed E-state index contributed by atoms with van der Waals surface area (Å²) in [6, 6.07) is 16.8. The van der Waals surface area contributed by atoms with E-state index in [1.165, 1.54) is 80.9 Å². The van der Waals surface area contributed by atoms with Gasteiger partial charge in [-0.25, -0.2) is 4.79 Å². The molecule has 0 aliphatic heterocycles. The number of amides is 2. The molecule has 212 valence electrons. The Morgan fingerprint density at radius 2 is 1.24 bits per heavy atom. The van der Waals surface area contributed by atoms with E-state index in [-0.39, 0.29) is 11.9 Å². The molecule has 2 rings (SSSR count). The van der Waals surface area contributed by atoms with Gasteiger partial charge in [0.2, 0.25) is 0 Å². The Hall–Kier alpha value is -2.33. The van der Waals surface area contributed by atoms with Crippen molar-refractivity contribution in [3.05, 3.63) is 65.2 Å². The molecule has 0 saturated heterocycles. The third-order valence-corrected chi connectivity index (χ3v) is 7.49. The van der Waals surface area contributed by atoms with E-state index in [1.807, 2.05) is 6.07 Å². The van der Waals surface area contributed by atoms with E-state index in [9.17, 15) is 4.79 Å². The number of nitrogens with one attached hydrogen (secondary N) is 3. The molecule has 4 heteroatoms. The van der Waals surface area contributed by atoms with Crippen molar-refractivity contribution in [3.8, 4) is 0 Å². The van der Waals surface area contributed by atoms with Crippen molar-refractivity contribution in [3.63, 3.8) is 0 Å². The average Bonchev–Trinajstić information content (AvgIpc) is 2.91. The van der Waals surface area contributed by atoms with E-state index in [2.05, 4.69) is 93.0 Å². The van der Waals surface area contributed by atoms with Crippen molar-refractivity contribution < 1.29 is 4.79 Å². The molecule has 2 aromatic rings. The summed E-state index contributed by atoms with van der Waals surface area (Å²) in [5.41, 5.74) is 4.59. The van der Waals surface area contributed by atoms with Crippen molar-refractivity contribution in [1.82, 2.24) is 10.6 Å². The Labute approximate surface area is 233 Å². The number of unbranched alkanes of at least 4 members (excludes halogenated alkanes) is 9. The summed E-state index contributed by atoms with van der Waals surface area (Å²) in [4.78, 5) is 13.0. The van der Waals surface area contributed by atoms with E-state index < -0.39 is 0 Å². The zero-order valence-corrected chi connectivity index (χ0v) is 25.0. The van der Waals surface area contributed by atoms with Gasteiger partial charge in [-0.3, -0.25) is 0 Å². The molecule has 0 unspecified atom stereocenters. The molecule has 0 aromatic heterocycles. The van der Waals surface area contributed by atoms with Crippen molar-refractivity contribution in [2.75, 3.05) is 25.0 Å². The maximum atomic E-state index is 13.0. The van der Waals surface area contributed by atoms with Crippen LogP contribution in [0.15, 0.2) is 48.5 Å². The topological polar surface area (TPSA) is 53.2 Å². The molecular formula is C34H55N3O. The Bertz CT molecular complexity index is 868. The third-order valence-electron chi connectivity index (χ3n) is 7.49. The van der Waals surface area contributed by atoms with Crippen molar-refractivity contribution >= 4 is 11.7 Å². The second-order valence-electron chi connectivity index (χ2n) is 11.4. The van der Waals surface area contributed by atoms with E-state index >= 15 is 0 Å². The molecule has 0 aliphatic carbocycles. The summed E-state index contributed by atoms with van der Waals surface area (Å²) in [5.74, 6) is 0.919. The summed E-state index contributed by atoms with van der Waals surface area (Å²) in [5, 5.41) is 10.0. The molecule has 0 spiro atoms. The third kappa shape index (κ3) is 12.0. The number of para-hydroxylation sites is 1. The minimum Gasteiger partial charge on any atom is -0.337 e. The van der Waals surface area contributed by atoms with E-state index in [0.29, 0.717) is 18.4 Å². The van der Waals surface area contributed by atoms with Gasteiger partial charge in [0.1, 0.15) is 0 Å². The summed E-state index contributed by atoms with van der Waals surface area (Å²) >= 11 is 0. The molecule has 1 atom stereocenters. The van der Waals surface area contributed by atoms with Crippen LogP contribution in [-0.2, 0) is 0 Å². The molecule has 0 fully saturated rings. The predicted molar refractivity (Wildman–Crippen MR) is 166 cm³/mol. The predicted octanol–water partition coefficient (Wildman–Crippen LogP) is 9.35. The Balaban J connectivity index is 1.80. The highest BCUT2D eigenvalue weighted by Gasteiger charge is 2.17. The smallest absolute Gasteiger partial charge is 0.319 e. The zero-order valence-electron chi connectivity index (χ0n) is 25.0. The second kappa shape index (κ2) is 18.8. The number of rotatable bonds is 19. The average molecular weight is 522 g/mol. The van der Waals surface area contributed by atoms with Gasteiger partial charge < -0.3 is 16.0 Å². The van der Waals surface area contributed by atoms with Crippen LogP contribution in [0.1, 0.15) is 133 Å². The van der Waals surface area contributed by atoms with Gasteiger partial charge in [0.15, 0.2) is 0 Å². The van der Waals surface area contributed by atoms with Crippen molar-refractivity contribution in [1.29, 1.82) is 0 Å². The van der Waals surface area contributed by atoms with Gasteiger partial charge >= 0.3 is 6.03 Å². The van der Waals surface area contributed by atoms with Crippen LogP contribution in [0.4, 0.5) is 10.5 Å². The number of hydrogen-bond acceptors (Lipinski definition) is 2. The Morgan fingerprint density at radius 3 is 1.79 bits per heavy atom. The number of carbonyl (C=O) groups is 1. The molecule has 38 heavy (non-hydrogen) atoms. The van der Waals surface area contributed by atoms with Crippen LogP contribution in [0.25, 0.3) is 0 Å².